The van der Waals surface area contributed by atoms with Gasteiger partial charge in [-0.1, -0.05) is 47.5 Å². The van der Waals surface area contributed by atoms with Gasteiger partial charge in [0, 0.05) is 37.3 Å². The van der Waals surface area contributed by atoms with Crippen LogP contribution in [0.4, 0.5) is 5.82 Å². The third-order valence-corrected chi connectivity index (χ3v) is 5.26. The van der Waals surface area contributed by atoms with E-state index < -0.39 is 0 Å². The van der Waals surface area contributed by atoms with E-state index >= 15 is 0 Å². The maximum absolute atomic E-state index is 6.19. The summed E-state index contributed by atoms with van der Waals surface area (Å²) in [5.41, 5.74) is 5.58. The van der Waals surface area contributed by atoms with Crippen LogP contribution in [0.5, 0.6) is 0 Å². The molecule has 0 aliphatic carbocycles. The Hall–Kier alpha value is -3.25. The molecule has 1 fully saturated rings. The lowest BCUT2D eigenvalue weighted by atomic mass is 10.1. The van der Waals surface area contributed by atoms with E-state index in [0.717, 1.165) is 43.1 Å². The molecule has 0 bridgehead atoms. The number of aromatic nitrogens is 3. The number of nitrogens with zero attached hydrogens (tertiary/aromatic N) is 4. The van der Waals surface area contributed by atoms with Gasteiger partial charge in [0.05, 0.1) is 0 Å². The molecule has 6 nitrogen and oxygen atoms in total. The lowest BCUT2D eigenvalue weighted by Crippen LogP contribution is -2.44. The van der Waals surface area contributed by atoms with Crippen molar-refractivity contribution in [3.8, 4) is 22.8 Å². The van der Waals surface area contributed by atoms with E-state index in [1.165, 1.54) is 11.1 Å². The number of rotatable bonds is 3. The Balaban J connectivity index is 1.67. The summed E-state index contributed by atoms with van der Waals surface area (Å²) in [6.45, 7) is 7.73. The second kappa shape index (κ2) is 7.29. The van der Waals surface area contributed by atoms with E-state index in [0.29, 0.717) is 22.9 Å². The Bertz CT molecular complexity index is 1140. The number of aryl methyl sites for hydroxylation is 2. The second-order valence-corrected chi connectivity index (χ2v) is 7.51. The van der Waals surface area contributed by atoms with Crippen LogP contribution < -0.4 is 10.2 Å². The van der Waals surface area contributed by atoms with Crippen molar-refractivity contribution in [3.05, 3.63) is 59.7 Å². The Morgan fingerprint density at radius 1 is 0.793 bits per heavy atom. The summed E-state index contributed by atoms with van der Waals surface area (Å²) in [5, 5.41) is 3.39. The molecule has 0 atom stereocenters. The summed E-state index contributed by atoms with van der Waals surface area (Å²) in [5.74, 6) is 2.07. The summed E-state index contributed by atoms with van der Waals surface area (Å²) in [6, 6.07) is 16.4. The van der Waals surface area contributed by atoms with E-state index in [1.54, 1.807) is 0 Å². The highest BCUT2D eigenvalue weighted by atomic mass is 16.4. The molecular formula is C23H23N5O. The van der Waals surface area contributed by atoms with Gasteiger partial charge < -0.3 is 14.6 Å². The molecule has 3 heterocycles. The number of nitrogens with one attached hydrogen (secondary N) is 1. The van der Waals surface area contributed by atoms with Gasteiger partial charge in [-0.2, -0.15) is 4.98 Å². The SMILES string of the molecule is Cc1ccc(-c2nc(N3CCNCC3)c3oc(-c4ccc(C)cc4)nc3n2)cc1. The quantitative estimate of drug-likeness (QED) is 0.575. The molecule has 0 saturated carbocycles. The molecule has 0 amide bonds. The molecule has 0 spiro atoms. The van der Waals surface area contributed by atoms with Gasteiger partial charge in [0.25, 0.3) is 0 Å². The number of oxazole rings is 1. The molecule has 29 heavy (non-hydrogen) atoms. The molecule has 146 valence electrons. The molecule has 4 aromatic rings. The summed E-state index contributed by atoms with van der Waals surface area (Å²) >= 11 is 0. The summed E-state index contributed by atoms with van der Waals surface area (Å²) < 4.78 is 6.19. The van der Waals surface area contributed by atoms with Crippen LogP contribution in [0.2, 0.25) is 0 Å². The first-order chi connectivity index (χ1) is 14.2. The zero-order chi connectivity index (χ0) is 19.8. The molecule has 1 aliphatic rings. The Labute approximate surface area is 169 Å². The van der Waals surface area contributed by atoms with Crippen molar-refractivity contribution in [2.45, 2.75) is 13.8 Å². The van der Waals surface area contributed by atoms with E-state index in [2.05, 4.69) is 60.5 Å². The highest BCUT2D eigenvalue weighted by Gasteiger charge is 2.22. The standard InChI is InChI=1S/C23H23N5O/c1-15-3-7-17(8-4-15)20-25-21-19(22(26-20)28-13-11-24-12-14-28)29-23(27-21)18-9-5-16(2)6-10-18/h3-10,24H,11-14H2,1-2H3. The van der Waals surface area contributed by atoms with Gasteiger partial charge in [0.1, 0.15) is 0 Å². The van der Waals surface area contributed by atoms with Gasteiger partial charge in [-0.3, -0.25) is 0 Å². The predicted molar refractivity (Wildman–Crippen MR) is 115 cm³/mol. The van der Waals surface area contributed by atoms with Gasteiger partial charge in [-0.05, 0) is 26.0 Å². The highest BCUT2D eigenvalue weighted by molar-refractivity contribution is 5.85. The van der Waals surface area contributed by atoms with Crippen molar-refractivity contribution in [2.24, 2.45) is 0 Å². The second-order valence-electron chi connectivity index (χ2n) is 7.51. The van der Waals surface area contributed by atoms with Crippen molar-refractivity contribution >= 4 is 17.0 Å². The lowest BCUT2D eigenvalue weighted by Gasteiger charge is -2.28. The first-order valence-electron chi connectivity index (χ1n) is 9.96. The highest BCUT2D eigenvalue weighted by Crippen LogP contribution is 2.32. The molecule has 2 aromatic carbocycles. The fourth-order valence-corrected chi connectivity index (χ4v) is 3.55. The van der Waals surface area contributed by atoms with Crippen LogP contribution >= 0.6 is 0 Å². The Kier molecular flexibility index (Phi) is 4.48. The van der Waals surface area contributed by atoms with Crippen LogP contribution in [0.1, 0.15) is 11.1 Å². The topological polar surface area (TPSA) is 67.1 Å². The third kappa shape index (κ3) is 3.47. The van der Waals surface area contributed by atoms with Crippen molar-refractivity contribution < 1.29 is 4.42 Å². The summed E-state index contributed by atoms with van der Waals surface area (Å²) in [7, 11) is 0. The Morgan fingerprint density at radius 3 is 2.07 bits per heavy atom. The van der Waals surface area contributed by atoms with Crippen LogP contribution in [0.25, 0.3) is 34.1 Å². The van der Waals surface area contributed by atoms with Crippen molar-refractivity contribution in [1.29, 1.82) is 0 Å². The molecule has 0 unspecified atom stereocenters. The van der Waals surface area contributed by atoms with Crippen molar-refractivity contribution in [3.63, 3.8) is 0 Å². The average Bonchev–Trinajstić information content (AvgIpc) is 3.19. The van der Waals surface area contributed by atoms with Crippen LogP contribution in [0, 0.1) is 13.8 Å². The fraction of sp³-hybridized carbons (Fsp3) is 0.261. The number of piperazine rings is 1. The van der Waals surface area contributed by atoms with E-state index in [9.17, 15) is 0 Å². The molecule has 5 rings (SSSR count). The van der Waals surface area contributed by atoms with Gasteiger partial charge >= 0.3 is 0 Å². The summed E-state index contributed by atoms with van der Waals surface area (Å²) in [6.07, 6.45) is 0. The molecule has 1 saturated heterocycles. The van der Waals surface area contributed by atoms with Crippen LogP contribution in [-0.2, 0) is 0 Å². The monoisotopic (exact) mass is 385 g/mol. The molecular weight excluding hydrogens is 362 g/mol. The normalized spacial score (nSPS) is 14.5. The lowest BCUT2D eigenvalue weighted by molar-refractivity contribution is 0.575. The maximum atomic E-state index is 6.19. The first-order valence-corrected chi connectivity index (χ1v) is 9.96. The number of hydrogen-bond acceptors (Lipinski definition) is 6. The predicted octanol–water partition coefficient (Wildman–Crippen LogP) is 3.98. The minimum absolute atomic E-state index is 0.576. The average molecular weight is 385 g/mol. The van der Waals surface area contributed by atoms with Crippen molar-refractivity contribution in [1.82, 2.24) is 20.3 Å². The zero-order valence-corrected chi connectivity index (χ0v) is 16.6. The molecule has 2 aromatic heterocycles. The number of anilines is 1. The van der Waals surface area contributed by atoms with Gasteiger partial charge in [-0.15, -0.1) is 0 Å². The zero-order valence-electron chi connectivity index (χ0n) is 16.6. The Morgan fingerprint density at radius 2 is 1.41 bits per heavy atom. The minimum Gasteiger partial charge on any atom is -0.430 e. The van der Waals surface area contributed by atoms with Crippen molar-refractivity contribution in [2.75, 3.05) is 31.1 Å². The molecule has 1 aliphatic heterocycles. The fourth-order valence-electron chi connectivity index (χ4n) is 3.55. The van der Waals surface area contributed by atoms with E-state index in [-0.39, 0.29) is 0 Å². The van der Waals surface area contributed by atoms with Gasteiger partial charge in [0.2, 0.25) is 17.1 Å². The number of fused-ring (bicyclic) bond motifs is 1. The maximum Gasteiger partial charge on any atom is 0.229 e. The number of benzene rings is 2. The largest absolute Gasteiger partial charge is 0.430 e. The van der Waals surface area contributed by atoms with E-state index in [1.807, 2.05) is 12.1 Å². The smallest absolute Gasteiger partial charge is 0.229 e. The molecule has 1 N–H and O–H groups in total. The van der Waals surface area contributed by atoms with Gasteiger partial charge in [0.15, 0.2) is 11.6 Å². The molecule has 0 radical (unpaired) electrons. The van der Waals surface area contributed by atoms with E-state index in [4.69, 9.17) is 19.4 Å². The number of hydrogen-bond donors (Lipinski definition) is 1. The first kappa shape index (κ1) is 17.8. The van der Waals surface area contributed by atoms with Crippen LogP contribution in [0.3, 0.4) is 0 Å². The minimum atomic E-state index is 0.576. The van der Waals surface area contributed by atoms with Crippen LogP contribution in [-0.4, -0.2) is 41.1 Å². The van der Waals surface area contributed by atoms with Gasteiger partial charge in [-0.25, -0.2) is 9.97 Å². The molecule has 6 heteroatoms. The summed E-state index contributed by atoms with van der Waals surface area (Å²) in [4.78, 5) is 16.6. The van der Waals surface area contributed by atoms with Crippen LogP contribution in [0.15, 0.2) is 52.9 Å². The third-order valence-electron chi connectivity index (χ3n) is 5.26.